The van der Waals surface area contributed by atoms with Crippen LogP contribution in [0.15, 0.2) is 18.2 Å². The minimum atomic E-state index is -5.09. The van der Waals surface area contributed by atoms with Crippen molar-refractivity contribution >= 4 is 29.3 Å². The summed E-state index contributed by atoms with van der Waals surface area (Å²) in [4.78, 5) is 37.7. The smallest absolute Gasteiger partial charge is 0.442 e. The summed E-state index contributed by atoms with van der Waals surface area (Å²) in [6, 6.07) is 3.68. The number of hydrogen-bond acceptors (Lipinski definition) is 6. The monoisotopic (exact) mass is 529 g/mol. The average molecular weight is 529 g/mol. The predicted octanol–water partition coefficient (Wildman–Crippen LogP) is 1.98. The number of rotatable bonds is 6. The maximum Gasteiger partial charge on any atom is 0.471 e. The number of nitrogens with zero attached hydrogens (tertiary/aromatic N) is 3. The molecule has 2 aliphatic heterocycles. The Hall–Kier alpha value is -3.30. The van der Waals surface area contributed by atoms with E-state index in [4.69, 9.17) is 4.74 Å². The van der Waals surface area contributed by atoms with Crippen molar-refractivity contribution in [3.63, 3.8) is 0 Å². The number of carbonyl (C=O) groups is 3. The summed E-state index contributed by atoms with van der Waals surface area (Å²) in [5, 5.41) is 3.47. The predicted molar refractivity (Wildman–Crippen MR) is 111 cm³/mol. The first-order valence-electron chi connectivity index (χ1n) is 10.6. The Kier molecular flexibility index (Phi) is 7.85. The Labute approximate surface area is 200 Å². The molecule has 2 atom stereocenters. The Bertz CT molecular complexity index is 996. The van der Waals surface area contributed by atoms with Gasteiger partial charge in [0, 0.05) is 33.1 Å². The van der Waals surface area contributed by atoms with E-state index in [-0.39, 0.29) is 44.1 Å². The Morgan fingerprint density at radius 3 is 2.28 bits per heavy atom. The molecule has 0 spiro atoms. The van der Waals surface area contributed by atoms with Gasteiger partial charge in [-0.2, -0.15) is 26.3 Å². The van der Waals surface area contributed by atoms with Gasteiger partial charge in [-0.05, 0) is 18.2 Å². The molecule has 0 bridgehead atoms. The van der Waals surface area contributed by atoms with Gasteiger partial charge in [0.15, 0.2) is 6.17 Å². The van der Waals surface area contributed by atoms with Crippen molar-refractivity contribution < 1.29 is 49.9 Å². The first-order chi connectivity index (χ1) is 16.7. The van der Waals surface area contributed by atoms with Gasteiger partial charge in [-0.1, -0.05) is 0 Å². The number of benzene rings is 1. The van der Waals surface area contributed by atoms with E-state index in [0.29, 0.717) is 0 Å². The van der Waals surface area contributed by atoms with Gasteiger partial charge in [0.2, 0.25) is 5.91 Å². The topological polar surface area (TPSA) is 94.2 Å². The van der Waals surface area contributed by atoms with Crippen LogP contribution < -0.4 is 20.4 Å². The van der Waals surface area contributed by atoms with E-state index in [1.54, 1.807) is 5.32 Å². The van der Waals surface area contributed by atoms with Gasteiger partial charge in [-0.25, -0.2) is 9.18 Å². The first kappa shape index (κ1) is 27.3. The molecular formula is C20H22F7N5O4. The lowest BCUT2D eigenvalue weighted by Gasteiger charge is -2.40. The van der Waals surface area contributed by atoms with Gasteiger partial charge in [0.05, 0.1) is 24.5 Å². The van der Waals surface area contributed by atoms with Gasteiger partial charge >= 0.3 is 24.4 Å². The zero-order valence-electron chi connectivity index (χ0n) is 18.7. The van der Waals surface area contributed by atoms with Gasteiger partial charge < -0.3 is 20.3 Å². The van der Waals surface area contributed by atoms with E-state index in [1.807, 2.05) is 5.32 Å². The summed E-state index contributed by atoms with van der Waals surface area (Å²) in [6.45, 7) is -0.0444. The van der Waals surface area contributed by atoms with Crippen LogP contribution in [-0.4, -0.2) is 86.7 Å². The van der Waals surface area contributed by atoms with Crippen molar-refractivity contribution in [1.29, 1.82) is 0 Å². The zero-order chi connectivity index (χ0) is 26.8. The molecule has 1 aromatic rings. The molecule has 0 aromatic heterocycles. The number of carbonyl (C=O) groups excluding carboxylic acids is 3. The quantitative estimate of drug-likeness (QED) is 0.548. The van der Waals surface area contributed by atoms with Crippen LogP contribution in [0.25, 0.3) is 0 Å². The van der Waals surface area contributed by atoms with E-state index in [0.717, 1.165) is 22.8 Å². The second kappa shape index (κ2) is 10.4. The lowest BCUT2D eigenvalue weighted by Crippen LogP contribution is -2.61. The number of anilines is 2. The summed E-state index contributed by atoms with van der Waals surface area (Å²) < 4.78 is 96.6. The zero-order valence-corrected chi connectivity index (χ0v) is 18.7. The molecule has 200 valence electrons. The van der Waals surface area contributed by atoms with Crippen LogP contribution in [0.2, 0.25) is 0 Å². The van der Waals surface area contributed by atoms with E-state index in [1.165, 1.54) is 17.0 Å². The Morgan fingerprint density at radius 2 is 1.75 bits per heavy atom. The molecule has 2 N–H and O–H groups in total. The third-order valence-electron chi connectivity index (χ3n) is 5.53. The van der Waals surface area contributed by atoms with E-state index < -0.39 is 54.9 Å². The number of cyclic esters (lactones) is 1. The van der Waals surface area contributed by atoms with Gasteiger partial charge in [0.1, 0.15) is 11.9 Å². The SMILES string of the molecule is CC(=O)NC(N1CCN(c2ccc(N3C[C@H](CNC(=O)C(F)(F)F)OC3=O)cc2F)CC1)C(F)(F)F. The van der Waals surface area contributed by atoms with Crippen LogP contribution in [0.3, 0.4) is 0 Å². The fourth-order valence-electron chi connectivity index (χ4n) is 3.86. The maximum atomic E-state index is 14.9. The number of amides is 3. The van der Waals surface area contributed by atoms with E-state index in [2.05, 4.69) is 0 Å². The molecule has 2 fully saturated rings. The minimum absolute atomic E-state index is 0.0230. The van der Waals surface area contributed by atoms with Crippen LogP contribution >= 0.6 is 0 Å². The lowest BCUT2D eigenvalue weighted by atomic mass is 10.2. The van der Waals surface area contributed by atoms with Crippen molar-refractivity contribution in [1.82, 2.24) is 15.5 Å². The van der Waals surface area contributed by atoms with Gasteiger partial charge in [-0.3, -0.25) is 19.4 Å². The molecule has 1 aromatic carbocycles. The highest BCUT2D eigenvalue weighted by molar-refractivity contribution is 5.90. The van der Waals surface area contributed by atoms with Crippen LogP contribution in [-0.2, 0) is 14.3 Å². The molecular weight excluding hydrogens is 507 g/mol. The van der Waals surface area contributed by atoms with Gasteiger partial charge in [-0.15, -0.1) is 0 Å². The largest absolute Gasteiger partial charge is 0.471 e. The van der Waals surface area contributed by atoms with Crippen LogP contribution in [0.5, 0.6) is 0 Å². The molecule has 2 heterocycles. The van der Waals surface area contributed by atoms with Crippen molar-refractivity contribution in [2.24, 2.45) is 0 Å². The van der Waals surface area contributed by atoms with Crippen molar-refractivity contribution in [3.8, 4) is 0 Å². The molecule has 2 aliphatic rings. The standard InChI is InChI=1S/C20H22F7N5O4/c1-11(33)29-16(19(22,23)24)31-6-4-30(5-7-31)15-3-2-12(8-14(15)21)32-10-13(36-18(32)35)9-28-17(34)20(25,26)27/h2-3,8,13,16H,4-7,9-10H2,1H3,(H,28,34)(H,29,33)/t13-,16?/m0/s1. The maximum absolute atomic E-state index is 14.9. The average Bonchev–Trinajstić information content (AvgIpc) is 3.15. The summed E-state index contributed by atoms with van der Waals surface area (Å²) in [6.07, 6.45) is -14.0. The second-order valence-electron chi connectivity index (χ2n) is 8.13. The Morgan fingerprint density at radius 1 is 1.11 bits per heavy atom. The number of nitrogens with one attached hydrogen (secondary N) is 2. The van der Waals surface area contributed by atoms with Crippen molar-refractivity contribution in [2.75, 3.05) is 49.1 Å². The highest BCUT2D eigenvalue weighted by Gasteiger charge is 2.45. The molecule has 1 unspecified atom stereocenters. The molecule has 9 nitrogen and oxygen atoms in total. The summed E-state index contributed by atoms with van der Waals surface area (Å²) >= 11 is 0. The molecule has 0 saturated carbocycles. The van der Waals surface area contributed by atoms with E-state index in [9.17, 15) is 45.1 Å². The van der Waals surface area contributed by atoms with Crippen LogP contribution in [0.1, 0.15) is 6.92 Å². The molecule has 16 heteroatoms. The Balaban J connectivity index is 1.61. The second-order valence-corrected chi connectivity index (χ2v) is 8.13. The number of alkyl halides is 6. The third-order valence-corrected chi connectivity index (χ3v) is 5.53. The minimum Gasteiger partial charge on any atom is -0.442 e. The number of hydrogen-bond donors (Lipinski definition) is 2. The van der Waals surface area contributed by atoms with Crippen LogP contribution in [0, 0.1) is 5.82 Å². The molecule has 3 rings (SSSR count). The molecule has 0 radical (unpaired) electrons. The normalized spacial score (nSPS) is 20.2. The molecule has 2 saturated heterocycles. The summed E-state index contributed by atoms with van der Waals surface area (Å²) in [5.74, 6) is -3.81. The number of ether oxygens (including phenoxy) is 1. The van der Waals surface area contributed by atoms with Crippen LogP contribution in [0.4, 0.5) is 46.9 Å². The highest BCUT2D eigenvalue weighted by atomic mass is 19.4. The fraction of sp³-hybridized carbons (Fsp3) is 0.550. The van der Waals surface area contributed by atoms with Gasteiger partial charge in [0.25, 0.3) is 0 Å². The summed E-state index contributed by atoms with van der Waals surface area (Å²) in [5.41, 5.74) is 0.121. The molecule has 3 amide bonds. The lowest BCUT2D eigenvalue weighted by molar-refractivity contribution is -0.195. The van der Waals surface area contributed by atoms with Crippen molar-refractivity contribution in [3.05, 3.63) is 24.0 Å². The van der Waals surface area contributed by atoms with Crippen molar-refractivity contribution in [2.45, 2.75) is 31.5 Å². The number of piperazine rings is 1. The van der Waals surface area contributed by atoms with E-state index >= 15 is 0 Å². The number of halogens is 7. The summed E-state index contributed by atoms with van der Waals surface area (Å²) in [7, 11) is 0. The molecule has 36 heavy (non-hydrogen) atoms. The fourth-order valence-corrected chi connectivity index (χ4v) is 3.86. The third kappa shape index (κ3) is 6.47. The first-order valence-corrected chi connectivity index (χ1v) is 10.6. The molecule has 0 aliphatic carbocycles. The highest BCUT2D eigenvalue weighted by Crippen LogP contribution is 2.30.